The van der Waals surface area contributed by atoms with Gasteiger partial charge in [0.05, 0.1) is 16.8 Å². The van der Waals surface area contributed by atoms with Gasteiger partial charge in [0.1, 0.15) is 5.01 Å². The Balaban J connectivity index is 0.000000807. The van der Waals surface area contributed by atoms with Crippen LogP contribution < -0.4 is 5.32 Å². The molecule has 2 atom stereocenters. The van der Waals surface area contributed by atoms with Gasteiger partial charge in [-0.3, -0.25) is 4.90 Å². The van der Waals surface area contributed by atoms with Gasteiger partial charge in [0.15, 0.2) is 0 Å². The quantitative estimate of drug-likeness (QED) is 0.904. The number of thiazole rings is 1. The average molecular weight is 346 g/mol. The first-order chi connectivity index (χ1) is 9.37. The van der Waals surface area contributed by atoms with Crippen LogP contribution in [0.4, 0.5) is 0 Å². The van der Waals surface area contributed by atoms with Crippen LogP contribution in [0.5, 0.6) is 0 Å². The van der Waals surface area contributed by atoms with Crippen molar-refractivity contribution < 1.29 is 0 Å². The first-order valence-corrected chi connectivity index (χ1v) is 7.99. The smallest absolute Gasteiger partial charge is 0.108 e. The van der Waals surface area contributed by atoms with Crippen molar-refractivity contribution in [3.05, 3.63) is 29.3 Å². The minimum Gasteiger partial charge on any atom is -0.312 e. The number of nitrogens with one attached hydrogen (secondary N) is 1. The van der Waals surface area contributed by atoms with E-state index in [1.807, 2.05) is 11.3 Å². The lowest BCUT2D eigenvalue weighted by atomic mass is 9.97. The van der Waals surface area contributed by atoms with Crippen molar-refractivity contribution in [2.24, 2.45) is 5.92 Å². The maximum absolute atomic E-state index is 4.76. The van der Waals surface area contributed by atoms with Gasteiger partial charge in [-0.25, -0.2) is 4.98 Å². The van der Waals surface area contributed by atoms with Gasteiger partial charge in [0.25, 0.3) is 0 Å². The first kappa shape index (κ1) is 17.0. The second-order valence-electron chi connectivity index (χ2n) is 5.82. The molecule has 3 saturated heterocycles. The molecule has 5 rings (SSSR count). The number of rotatable bonds is 2. The summed E-state index contributed by atoms with van der Waals surface area (Å²) in [4.78, 5) is 7.36. The van der Waals surface area contributed by atoms with E-state index in [0.29, 0.717) is 6.04 Å². The van der Waals surface area contributed by atoms with Crippen LogP contribution in [0.1, 0.15) is 17.8 Å². The molecule has 3 nitrogen and oxygen atoms in total. The van der Waals surface area contributed by atoms with Gasteiger partial charge in [0, 0.05) is 19.1 Å². The standard InChI is InChI=1S/C15H19N3S.2ClH/c1-2-4-14-13(3-1)17-15(19-14)10-18-8-11-5-6-12(9-18)16-7-11;;/h1-4,11-12,16H,5-10H2;2*1H/t11-,12-;;/m0../s1. The minimum absolute atomic E-state index is 0. The molecule has 3 aliphatic heterocycles. The Morgan fingerprint density at radius 1 is 1.19 bits per heavy atom. The molecule has 0 amide bonds. The number of piperidine rings is 1. The molecule has 3 fully saturated rings. The summed E-state index contributed by atoms with van der Waals surface area (Å²) in [6, 6.07) is 9.16. The molecular weight excluding hydrogens is 325 g/mol. The zero-order valence-electron chi connectivity index (χ0n) is 11.8. The fourth-order valence-electron chi connectivity index (χ4n) is 3.35. The van der Waals surface area contributed by atoms with Gasteiger partial charge in [-0.05, 0) is 37.4 Å². The number of aromatic nitrogens is 1. The van der Waals surface area contributed by atoms with Crippen molar-refractivity contribution in [1.29, 1.82) is 0 Å². The Kier molecular flexibility index (Phi) is 5.86. The lowest BCUT2D eigenvalue weighted by molar-refractivity contribution is 0.256. The summed E-state index contributed by atoms with van der Waals surface area (Å²) in [7, 11) is 0. The Hall–Kier alpha value is -0.390. The topological polar surface area (TPSA) is 28.2 Å². The number of hydrogen-bond donors (Lipinski definition) is 1. The molecule has 0 spiro atoms. The predicted molar refractivity (Wildman–Crippen MR) is 93.9 cm³/mol. The van der Waals surface area contributed by atoms with Gasteiger partial charge >= 0.3 is 0 Å². The highest BCUT2D eigenvalue weighted by Crippen LogP contribution is 2.26. The third kappa shape index (κ3) is 3.69. The van der Waals surface area contributed by atoms with E-state index in [2.05, 4.69) is 34.5 Å². The Bertz CT molecular complexity index is 534. The molecule has 0 saturated carbocycles. The largest absolute Gasteiger partial charge is 0.312 e. The minimum atomic E-state index is 0. The van der Waals surface area contributed by atoms with E-state index >= 15 is 0 Å². The maximum Gasteiger partial charge on any atom is 0.108 e. The van der Waals surface area contributed by atoms with Crippen molar-refractivity contribution in [3.8, 4) is 0 Å². The number of fused-ring (bicyclic) bond motifs is 5. The lowest BCUT2D eigenvalue weighted by Gasteiger charge is -2.23. The number of benzene rings is 1. The summed E-state index contributed by atoms with van der Waals surface area (Å²) in [5, 5.41) is 4.93. The molecule has 0 unspecified atom stereocenters. The van der Waals surface area contributed by atoms with Crippen molar-refractivity contribution in [2.75, 3.05) is 19.6 Å². The molecule has 21 heavy (non-hydrogen) atoms. The van der Waals surface area contributed by atoms with Crippen LogP contribution in [0.25, 0.3) is 10.2 Å². The summed E-state index contributed by atoms with van der Waals surface area (Å²) < 4.78 is 1.31. The number of hydrogen-bond acceptors (Lipinski definition) is 4. The van der Waals surface area contributed by atoms with Crippen molar-refractivity contribution in [3.63, 3.8) is 0 Å². The molecule has 2 aromatic rings. The van der Waals surface area contributed by atoms with E-state index in [0.717, 1.165) is 18.0 Å². The Labute approximate surface area is 141 Å². The lowest BCUT2D eigenvalue weighted by Crippen LogP contribution is -2.39. The fourth-order valence-corrected chi connectivity index (χ4v) is 4.36. The Morgan fingerprint density at radius 2 is 2.05 bits per heavy atom. The van der Waals surface area contributed by atoms with Crippen LogP contribution >= 0.6 is 36.2 Å². The van der Waals surface area contributed by atoms with Crippen LogP contribution in [0, 0.1) is 5.92 Å². The molecule has 1 aromatic heterocycles. The van der Waals surface area contributed by atoms with Gasteiger partial charge in [0.2, 0.25) is 0 Å². The average Bonchev–Trinajstić information content (AvgIpc) is 2.60. The second-order valence-corrected chi connectivity index (χ2v) is 6.93. The van der Waals surface area contributed by atoms with Gasteiger partial charge < -0.3 is 5.32 Å². The van der Waals surface area contributed by atoms with E-state index in [1.54, 1.807) is 0 Å². The third-order valence-corrected chi connectivity index (χ3v) is 5.33. The Morgan fingerprint density at radius 3 is 2.81 bits per heavy atom. The van der Waals surface area contributed by atoms with Crippen molar-refractivity contribution in [2.45, 2.75) is 25.4 Å². The molecule has 2 bridgehead atoms. The maximum atomic E-state index is 4.76. The number of halogens is 2. The first-order valence-electron chi connectivity index (χ1n) is 7.17. The molecule has 116 valence electrons. The number of para-hydroxylation sites is 1. The van der Waals surface area contributed by atoms with Crippen molar-refractivity contribution in [1.82, 2.24) is 15.2 Å². The van der Waals surface area contributed by atoms with E-state index in [1.165, 1.54) is 42.2 Å². The highest BCUT2D eigenvalue weighted by atomic mass is 35.5. The van der Waals surface area contributed by atoms with Crippen LogP contribution in [0.3, 0.4) is 0 Å². The normalized spacial score (nSPS) is 25.1. The molecule has 0 radical (unpaired) electrons. The highest BCUT2D eigenvalue weighted by molar-refractivity contribution is 7.18. The van der Waals surface area contributed by atoms with Gasteiger partial charge in [-0.2, -0.15) is 0 Å². The predicted octanol–water partition coefficient (Wildman–Crippen LogP) is 3.32. The van der Waals surface area contributed by atoms with E-state index < -0.39 is 0 Å². The molecule has 0 aliphatic carbocycles. The summed E-state index contributed by atoms with van der Waals surface area (Å²) in [6.07, 6.45) is 2.75. The molecule has 4 heterocycles. The van der Waals surface area contributed by atoms with E-state index in [9.17, 15) is 0 Å². The van der Waals surface area contributed by atoms with E-state index in [-0.39, 0.29) is 24.8 Å². The molecule has 1 aromatic carbocycles. The third-order valence-electron chi connectivity index (χ3n) is 4.31. The molecular formula is C15H21Cl2N3S. The van der Waals surface area contributed by atoms with E-state index in [4.69, 9.17) is 4.98 Å². The van der Waals surface area contributed by atoms with Gasteiger partial charge in [-0.15, -0.1) is 36.2 Å². The summed E-state index contributed by atoms with van der Waals surface area (Å²) in [5.74, 6) is 0.841. The summed E-state index contributed by atoms with van der Waals surface area (Å²) >= 11 is 1.85. The van der Waals surface area contributed by atoms with Crippen LogP contribution in [-0.4, -0.2) is 35.6 Å². The monoisotopic (exact) mass is 345 g/mol. The fraction of sp³-hybridized carbons (Fsp3) is 0.533. The van der Waals surface area contributed by atoms with Crippen LogP contribution in [-0.2, 0) is 6.54 Å². The van der Waals surface area contributed by atoms with Crippen LogP contribution in [0.15, 0.2) is 24.3 Å². The SMILES string of the molecule is Cl.Cl.c1ccc2sc(CN3C[C@H]4CC[C@@H](C3)NC4)nc2c1. The summed E-state index contributed by atoms with van der Waals surface area (Å²) in [5.41, 5.74) is 1.15. The second kappa shape index (κ2) is 7.25. The summed E-state index contributed by atoms with van der Waals surface area (Å²) in [6.45, 7) is 4.65. The zero-order valence-corrected chi connectivity index (χ0v) is 14.3. The molecule has 6 heteroatoms. The highest BCUT2D eigenvalue weighted by Gasteiger charge is 2.29. The zero-order chi connectivity index (χ0) is 12.7. The van der Waals surface area contributed by atoms with Gasteiger partial charge in [-0.1, -0.05) is 12.1 Å². The van der Waals surface area contributed by atoms with Crippen LogP contribution in [0.2, 0.25) is 0 Å². The molecule has 3 aliphatic rings. The number of nitrogens with zero attached hydrogens (tertiary/aromatic N) is 2. The molecule has 1 N–H and O–H groups in total. The van der Waals surface area contributed by atoms with Crippen molar-refractivity contribution >= 4 is 46.4 Å².